The van der Waals surface area contributed by atoms with E-state index in [-0.39, 0.29) is 10.9 Å². The summed E-state index contributed by atoms with van der Waals surface area (Å²) in [5.41, 5.74) is 0.0206. The molecule has 2 heterocycles. The Kier molecular flexibility index (Phi) is 3.85. The topological polar surface area (TPSA) is 110 Å². The lowest BCUT2D eigenvalue weighted by Gasteiger charge is -2.04. The normalized spacial score (nSPS) is 10.4. The lowest BCUT2D eigenvalue weighted by atomic mass is 10.4. The molecule has 0 saturated carbocycles. The highest BCUT2D eigenvalue weighted by Gasteiger charge is 2.12. The van der Waals surface area contributed by atoms with E-state index in [0.717, 1.165) is 11.8 Å². The van der Waals surface area contributed by atoms with E-state index in [1.807, 2.05) is 0 Å². The van der Waals surface area contributed by atoms with Crippen LogP contribution in [0.25, 0.3) is 5.69 Å². The van der Waals surface area contributed by atoms with Crippen LogP contribution < -0.4 is 10.4 Å². The largest absolute Gasteiger partial charge is 0.481 e. The number of aliphatic carboxylic acids is 1. The van der Waals surface area contributed by atoms with Crippen molar-refractivity contribution in [2.75, 3.05) is 12.9 Å². The maximum absolute atomic E-state index is 11.7. The second-order valence-corrected chi connectivity index (χ2v) is 4.33. The Morgan fingerprint density at radius 2 is 2.37 bits per heavy atom. The van der Waals surface area contributed by atoms with Crippen molar-refractivity contribution < 1.29 is 14.6 Å². The molecule has 0 fully saturated rings. The average molecular weight is 282 g/mol. The zero-order valence-corrected chi connectivity index (χ0v) is 10.7. The number of carboxylic acids is 1. The van der Waals surface area contributed by atoms with Crippen LogP contribution in [0, 0.1) is 0 Å². The van der Waals surface area contributed by atoms with E-state index in [4.69, 9.17) is 9.84 Å². The predicted molar refractivity (Wildman–Crippen MR) is 66.9 cm³/mol. The summed E-state index contributed by atoms with van der Waals surface area (Å²) in [5, 5.41) is 14.9. The van der Waals surface area contributed by atoms with Crippen molar-refractivity contribution in [2.45, 2.75) is 5.16 Å². The molecule has 0 radical (unpaired) electrons. The van der Waals surface area contributed by atoms with Crippen molar-refractivity contribution in [1.29, 1.82) is 0 Å². The zero-order valence-electron chi connectivity index (χ0n) is 9.86. The number of carbonyl (C=O) groups is 1. The fourth-order valence-corrected chi connectivity index (χ4v) is 2.04. The molecule has 2 aromatic heterocycles. The van der Waals surface area contributed by atoms with Gasteiger partial charge < -0.3 is 9.84 Å². The monoisotopic (exact) mass is 282 g/mol. The third kappa shape index (κ3) is 2.94. The Hall–Kier alpha value is -2.29. The van der Waals surface area contributed by atoms with Gasteiger partial charge in [0, 0.05) is 6.07 Å². The van der Waals surface area contributed by atoms with Gasteiger partial charge in [0.2, 0.25) is 5.88 Å². The van der Waals surface area contributed by atoms with E-state index in [1.54, 1.807) is 12.1 Å². The molecule has 2 rings (SSSR count). The van der Waals surface area contributed by atoms with E-state index >= 15 is 0 Å². The third-order valence-electron chi connectivity index (χ3n) is 2.15. The molecule has 100 valence electrons. The van der Waals surface area contributed by atoms with Crippen LogP contribution in [0.15, 0.2) is 28.3 Å². The van der Waals surface area contributed by atoms with Crippen molar-refractivity contribution in [3.05, 3.63) is 28.8 Å². The first-order chi connectivity index (χ1) is 9.11. The number of aromatic amines is 1. The van der Waals surface area contributed by atoms with Gasteiger partial charge in [0.1, 0.15) is 0 Å². The van der Waals surface area contributed by atoms with Crippen molar-refractivity contribution in [2.24, 2.45) is 0 Å². The van der Waals surface area contributed by atoms with Crippen LogP contribution in [0.1, 0.15) is 0 Å². The molecule has 8 nitrogen and oxygen atoms in total. The summed E-state index contributed by atoms with van der Waals surface area (Å²) >= 11 is 0.943. The molecular weight excluding hydrogens is 272 g/mol. The highest BCUT2D eigenvalue weighted by atomic mass is 32.2. The number of thioether (sulfide) groups is 1. The zero-order chi connectivity index (χ0) is 13.8. The van der Waals surface area contributed by atoms with E-state index in [2.05, 4.69) is 15.2 Å². The number of nitrogens with one attached hydrogen (secondary N) is 1. The highest BCUT2D eigenvalue weighted by molar-refractivity contribution is 7.99. The number of hydrogen-bond donors (Lipinski definition) is 2. The van der Waals surface area contributed by atoms with Crippen molar-refractivity contribution in [3.8, 4) is 11.6 Å². The number of carboxylic acid groups (broad SMARTS) is 1. The second kappa shape index (κ2) is 5.57. The van der Waals surface area contributed by atoms with Crippen LogP contribution in [0.5, 0.6) is 5.88 Å². The van der Waals surface area contributed by atoms with Crippen LogP contribution in [0.3, 0.4) is 0 Å². The molecule has 0 bridgehead atoms. The molecule has 0 amide bonds. The number of nitrogens with zero attached hydrogens (tertiary/aromatic N) is 3. The summed E-state index contributed by atoms with van der Waals surface area (Å²) in [4.78, 5) is 26.2. The molecule has 0 aliphatic rings. The highest BCUT2D eigenvalue weighted by Crippen LogP contribution is 2.17. The number of pyridine rings is 1. The van der Waals surface area contributed by atoms with Crippen LogP contribution in [0.2, 0.25) is 0 Å². The van der Waals surface area contributed by atoms with Crippen LogP contribution in [-0.4, -0.2) is 43.7 Å². The first-order valence-corrected chi connectivity index (χ1v) is 6.13. The van der Waals surface area contributed by atoms with E-state index < -0.39 is 11.7 Å². The van der Waals surface area contributed by atoms with Crippen molar-refractivity contribution >= 4 is 17.7 Å². The Morgan fingerprint density at radius 1 is 1.58 bits per heavy atom. The minimum Gasteiger partial charge on any atom is -0.481 e. The molecule has 0 unspecified atom stereocenters. The molecule has 0 saturated heterocycles. The number of hydrogen-bond acceptors (Lipinski definition) is 6. The van der Waals surface area contributed by atoms with Gasteiger partial charge >= 0.3 is 11.7 Å². The van der Waals surface area contributed by atoms with Gasteiger partial charge in [-0.15, -0.1) is 5.10 Å². The van der Waals surface area contributed by atoms with Gasteiger partial charge in [0.05, 0.1) is 24.7 Å². The number of H-pyrrole nitrogens is 1. The number of methoxy groups -OCH3 is 1. The van der Waals surface area contributed by atoms with Crippen LogP contribution in [0.4, 0.5) is 0 Å². The van der Waals surface area contributed by atoms with E-state index in [1.165, 1.54) is 17.9 Å². The molecular formula is C10H10N4O4S. The molecule has 0 aliphatic heterocycles. The standard InChI is InChI=1S/C10H10N4O4S/c1-18-7-3-2-6(4-11-7)14-9(17)12-13-10(14)19-5-8(15)16/h2-4H,5H2,1H3,(H,12,17)(H,15,16). The maximum atomic E-state index is 11.7. The summed E-state index contributed by atoms with van der Waals surface area (Å²) in [6, 6.07) is 3.23. The SMILES string of the molecule is COc1ccc(-n2c(SCC(=O)O)n[nH]c2=O)cn1. The molecule has 0 atom stereocenters. The number of aromatic nitrogens is 4. The van der Waals surface area contributed by atoms with Gasteiger partial charge in [-0.3, -0.25) is 4.79 Å². The summed E-state index contributed by atoms with van der Waals surface area (Å²) in [6.45, 7) is 0. The molecule has 19 heavy (non-hydrogen) atoms. The lowest BCUT2D eigenvalue weighted by molar-refractivity contribution is -0.133. The smallest absolute Gasteiger partial charge is 0.348 e. The third-order valence-corrected chi connectivity index (χ3v) is 3.08. The maximum Gasteiger partial charge on any atom is 0.348 e. The Balaban J connectivity index is 2.34. The second-order valence-electron chi connectivity index (χ2n) is 3.39. The van der Waals surface area contributed by atoms with Crippen LogP contribution >= 0.6 is 11.8 Å². The average Bonchev–Trinajstić information content (AvgIpc) is 2.78. The first kappa shape index (κ1) is 13.1. The molecule has 0 aliphatic carbocycles. The minimum atomic E-state index is -0.986. The van der Waals surface area contributed by atoms with Gasteiger partial charge in [-0.25, -0.2) is 19.4 Å². The molecule has 0 spiro atoms. The molecule has 2 N–H and O–H groups in total. The van der Waals surface area contributed by atoms with Crippen molar-refractivity contribution in [1.82, 2.24) is 19.7 Å². The van der Waals surface area contributed by atoms with E-state index in [0.29, 0.717) is 11.6 Å². The fraction of sp³-hybridized carbons (Fsp3) is 0.200. The fourth-order valence-electron chi connectivity index (χ4n) is 1.36. The Labute approximate surface area is 111 Å². The Morgan fingerprint density at radius 3 is 2.95 bits per heavy atom. The first-order valence-electron chi connectivity index (χ1n) is 5.14. The molecule has 0 aromatic carbocycles. The van der Waals surface area contributed by atoms with Crippen LogP contribution in [-0.2, 0) is 4.79 Å². The summed E-state index contributed by atoms with van der Waals surface area (Å²) in [5.74, 6) is -0.756. The van der Waals surface area contributed by atoms with Gasteiger partial charge in [0.25, 0.3) is 0 Å². The predicted octanol–water partition coefficient (Wildman–Crippen LogP) is 0.141. The van der Waals surface area contributed by atoms with Gasteiger partial charge in [-0.1, -0.05) is 11.8 Å². The summed E-state index contributed by atoms with van der Waals surface area (Å²) in [7, 11) is 1.49. The van der Waals surface area contributed by atoms with E-state index in [9.17, 15) is 9.59 Å². The van der Waals surface area contributed by atoms with Gasteiger partial charge in [-0.2, -0.15) is 0 Å². The number of rotatable bonds is 5. The van der Waals surface area contributed by atoms with Gasteiger partial charge in [-0.05, 0) is 6.07 Å². The Bertz CT molecular complexity index is 634. The summed E-state index contributed by atoms with van der Waals surface area (Å²) < 4.78 is 6.17. The summed E-state index contributed by atoms with van der Waals surface area (Å²) in [6.07, 6.45) is 1.45. The lowest BCUT2D eigenvalue weighted by Crippen LogP contribution is -2.16. The quantitative estimate of drug-likeness (QED) is 0.750. The minimum absolute atomic E-state index is 0.187. The van der Waals surface area contributed by atoms with Crippen molar-refractivity contribution in [3.63, 3.8) is 0 Å². The van der Waals surface area contributed by atoms with Gasteiger partial charge in [0.15, 0.2) is 5.16 Å². The number of ether oxygens (including phenoxy) is 1. The molecule has 9 heteroatoms. The molecule has 2 aromatic rings.